The average molecular weight is 474 g/mol. The molecule has 0 bridgehead atoms. The Kier molecular flexibility index (Phi) is 6.47. The van der Waals surface area contributed by atoms with Gasteiger partial charge in [0.2, 0.25) is 0 Å². The highest BCUT2D eigenvalue weighted by Gasteiger charge is 2.42. The SMILES string of the molecule is Cc1cc(O)c(-c2n[nH]c3c2C(c2ccc(Cl)cc2)N(CCCOC(C)C)C3=O)cc1Cl. The van der Waals surface area contributed by atoms with Crippen LogP contribution in [-0.4, -0.2) is 45.4 Å². The second-order valence-corrected chi connectivity index (χ2v) is 9.05. The van der Waals surface area contributed by atoms with E-state index in [1.54, 1.807) is 24.3 Å². The molecule has 1 aliphatic rings. The lowest BCUT2D eigenvalue weighted by molar-refractivity contribution is 0.0601. The van der Waals surface area contributed by atoms with Gasteiger partial charge in [-0.3, -0.25) is 9.89 Å². The highest BCUT2D eigenvalue weighted by molar-refractivity contribution is 6.31. The van der Waals surface area contributed by atoms with Crippen molar-refractivity contribution in [3.05, 3.63) is 68.8 Å². The molecule has 0 radical (unpaired) electrons. The number of rotatable bonds is 7. The quantitative estimate of drug-likeness (QED) is 0.427. The number of hydrogen-bond donors (Lipinski definition) is 2. The number of nitrogens with zero attached hydrogens (tertiary/aromatic N) is 2. The van der Waals surface area contributed by atoms with E-state index in [0.717, 1.165) is 16.7 Å². The normalized spacial score (nSPS) is 15.6. The third-order valence-electron chi connectivity index (χ3n) is 5.58. The molecule has 1 aromatic heterocycles. The fraction of sp³-hybridized carbons (Fsp3) is 0.333. The Bertz CT molecular complexity index is 1140. The maximum Gasteiger partial charge on any atom is 0.273 e. The Morgan fingerprint density at radius 2 is 1.94 bits per heavy atom. The fourth-order valence-electron chi connectivity index (χ4n) is 4.03. The van der Waals surface area contributed by atoms with Gasteiger partial charge in [0, 0.05) is 34.3 Å². The van der Waals surface area contributed by atoms with Gasteiger partial charge in [-0.2, -0.15) is 5.10 Å². The van der Waals surface area contributed by atoms with E-state index in [1.165, 1.54) is 0 Å². The number of aromatic amines is 1. The summed E-state index contributed by atoms with van der Waals surface area (Å²) in [6.07, 6.45) is 0.831. The van der Waals surface area contributed by atoms with E-state index in [2.05, 4.69) is 10.2 Å². The molecule has 0 fully saturated rings. The highest BCUT2D eigenvalue weighted by atomic mass is 35.5. The number of aromatic nitrogens is 2. The van der Waals surface area contributed by atoms with E-state index >= 15 is 0 Å². The van der Waals surface area contributed by atoms with Crippen LogP contribution in [0.3, 0.4) is 0 Å². The van der Waals surface area contributed by atoms with Gasteiger partial charge in [0.1, 0.15) is 17.1 Å². The lowest BCUT2D eigenvalue weighted by Gasteiger charge is -2.26. The number of aryl methyl sites for hydroxylation is 1. The van der Waals surface area contributed by atoms with Crippen molar-refractivity contribution in [3.63, 3.8) is 0 Å². The van der Waals surface area contributed by atoms with Gasteiger partial charge >= 0.3 is 0 Å². The summed E-state index contributed by atoms with van der Waals surface area (Å²) in [5.74, 6) is -0.0757. The number of halogens is 2. The van der Waals surface area contributed by atoms with Crippen LogP contribution in [0.5, 0.6) is 5.75 Å². The zero-order valence-corrected chi connectivity index (χ0v) is 19.7. The molecule has 0 spiro atoms. The molecule has 3 aromatic rings. The predicted molar refractivity (Wildman–Crippen MR) is 125 cm³/mol. The Morgan fingerprint density at radius 3 is 2.62 bits per heavy atom. The first-order valence-electron chi connectivity index (χ1n) is 10.5. The van der Waals surface area contributed by atoms with Gasteiger partial charge in [0.15, 0.2) is 0 Å². The van der Waals surface area contributed by atoms with E-state index < -0.39 is 0 Å². The first kappa shape index (κ1) is 22.6. The summed E-state index contributed by atoms with van der Waals surface area (Å²) in [4.78, 5) is 15.1. The van der Waals surface area contributed by atoms with Crippen molar-refractivity contribution in [2.45, 2.75) is 39.3 Å². The minimum absolute atomic E-state index is 0.0623. The smallest absolute Gasteiger partial charge is 0.273 e. The fourth-order valence-corrected chi connectivity index (χ4v) is 4.32. The van der Waals surface area contributed by atoms with Gasteiger partial charge in [-0.25, -0.2) is 0 Å². The zero-order chi connectivity index (χ0) is 23.0. The zero-order valence-electron chi connectivity index (χ0n) is 18.2. The van der Waals surface area contributed by atoms with Crippen LogP contribution in [0.15, 0.2) is 36.4 Å². The largest absolute Gasteiger partial charge is 0.507 e. The number of ether oxygens (including phenoxy) is 1. The number of carbonyl (C=O) groups is 1. The molecule has 6 nitrogen and oxygen atoms in total. The summed E-state index contributed by atoms with van der Waals surface area (Å²) in [5, 5.41) is 19.0. The van der Waals surface area contributed by atoms with E-state index in [9.17, 15) is 9.90 Å². The van der Waals surface area contributed by atoms with Gasteiger partial charge in [0.05, 0.1) is 12.1 Å². The summed E-state index contributed by atoms with van der Waals surface area (Å²) < 4.78 is 5.66. The second kappa shape index (κ2) is 9.14. The average Bonchev–Trinajstić information content (AvgIpc) is 3.28. The second-order valence-electron chi connectivity index (χ2n) is 8.21. The molecule has 0 saturated carbocycles. The molecule has 2 aromatic carbocycles. The van der Waals surface area contributed by atoms with Crippen LogP contribution < -0.4 is 0 Å². The Hall–Kier alpha value is -2.54. The van der Waals surface area contributed by atoms with E-state index in [-0.39, 0.29) is 23.8 Å². The van der Waals surface area contributed by atoms with Crippen LogP contribution in [0.25, 0.3) is 11.3 Å². The van der Waals surface area contributed by atoms with Crippen molar-refractivity contribution >= 4 is 29.1 Å². The minimum atomic E-state index is -0.373. The maximum atomic E-state index is 13.3. The molecule has 32 heavy (non-hydrogen) atoms. The molecule has 0 aliphatic carbocycles. The molecule has 8 heteroatoms. The molecule has 0 saturated heterocycles. The molecule has 1 atom stereocenters. The number of phenolic OH excluding ortho intramolecular Hbond substituents is 1. The molecule has 1 amide bonds. The van der Waals surface area contributed by atoms with Gasteiger partial charge in [0.25, 0.3) is 5.91 Å². The van der Waals surface area contributed by atoms with Crippen LogP contribution in [0, 0.1) is 6.92 Å². The highest BCUT2D eigenvalue weighted by Crippen LogP contribution is 2.45. The number of carbonyl (C=O) groups excluding carboxylic acids is 1. The van der Waals surface area contributed by atoms with Crippen LogP contribution >= 0.6 is 23.2 Å². The summed E-state index contributed by atoms with van der Waals surface area (Å²) in [7, 11) is 0. The van der Waals surface area contributed by atoms with Crippen molar-refractivity contribution in [3.8, 4) is 17.0 Å². The van der Waals surface area contributed by atoms with E-state index in [1.807, 2.05) is 37.8 Å². The molecule has 168 valence electrons. The number of fused-ring (bicyclic) bond motifs is 1. The van der Waals surface area contributed by atoms with Crippen molar-refractivity contribution in [1.82, 2.24) is 15.1 Å². The van der Waals surface area contributed by atoms with Gasteiger partial charge in [-0.1, -0.05) is 35.3 Å². The molecule has 2 heterocycles. The molecule has 2 N–H and O–H groups in total. The topological polar surface area (TPSA) is 78.5 Å². The number of benzene rings is 2. The third-order valence-corrected chi connectivity index (χ3v) is 6.24. The Labute approximate surface area is 197 Å². The summed E-state index contributed by atoms with van der Waals surface area (Å²) in [6, 6.07) is 10.3. The van der Waals surface area contributed by atoms with E-state index in [4.69, 9.17) is 27.9 Å². The predicted octanol–water partition coefficient (Wildman–Crippen LogP) is 5.76. The van der Waals surface area contributed by atoms with Crippen LogP contribution in [-0.2, 0) is 4.74 Å². The first-order valence-corrected chi connectivity index (χ1v) is 11.3. The summed E-state index contributed by atoms with van der Waals surface area (Å²) >= 11 is 12.4. The van der Waals surface area contributed by atoms with Crippen LogP contribution in [0.2, 0.25) is 10.0 Å². The summed E-state index contributed by atoms with van der Waals surface area (Å²) in [6.45, 7) is 6.87. The van der Waals surface area contributed by atoms with Crippen molar-refractivity contribution in [2.75, 3.05) is 13.2 Å². The number of hydrogen-bond acceptors (Lipinski definition) is 4. The summed E-state index contributed by atoms with van der Waals surface area (Å²) in [5.41, 5.74) is 3.80. The third kappa shape index (κ3) is 4.22. The number of nitrogens with one attached hydrogen (secondary N) is 1. The number of H-pyrrole nitrogens is 1. The number of amides is 1. The van der Waals surface area contributed by atoms with Crippen molar-refractivity contribution in [1.29, 1.82) is 0 Å². The maximum absolute atomic E-state index is 13.3. The van der Waals surface area contributed by atoms with Crippen molar-refractivity contribution in [2.24, 2.45) is 0 Å². The van der Waals surface area contributed by atoms with Crippen LogP contribution in [0.1, 0.15) is 53.5 Å². The molecular formula is C24H25Cl2N3O3. The minimum Gasteiger partial charge on any atom is -0.507 e. The molecule has 1 unspecified atom stereocenters. The Balaban J connectivity index is 1.78. The van der Waals surface area contributed by atoms with E-state index in [0.29, 0.717) is 46.6 Å². The molecule has 1 aliphatic heterocycles. The van der Waals surface area contributed by atoms with Gasteiger partial charge in [-0.15, -0.1) is 0 Å². The van der Waals surface area contributed by atoms with Crippen LogP contribution in [0.4, 0.5) is 0 Å². The number of phenols is 1. The number of aromatic hydroxyl groups is 1. The lowest BCUT2D eigenvalue weighted by Crippen LogP contribution is -2.31. The van der Waals surface area contributed by atoms with Crippen molar-refractivity contribution < 1.29 is 14.6 Å². The standard InChI is InChI=1S/C24H25Cl2N3O3/c1-13(2)32-10-4-9-29-23(15-5-7-16(25)8-6-15)20-21(27-28-22(20)24(29)31)17-12-18(26)14(3)11-19(17)30/h5-8,11-13,23,30H,4,9-10H2,1-3H3,(H,27,28). The lowest BCUT2D eigenvalue weighted by atomic mass is 9.95. The van der Waals surface area contributed by atoms with Gasteiger partial charge in [-0.05, 0) is 62.6 Å². The van der Waals surface area contributed by atoms with Gasteiger partial charge < -0.3 is 14.7 Å². The Morgan fingerprint density at radius 1 is 1.22 bits per heavy atom. The monoisotopic (exact) mass is 473 g/mol. The first-order chi connectivity index (χ1) is 15.3. The molecule has 4 rings (SSSR count). The molecular weight excluding hydrogens is 449 g/mol.